The molecule has 8 heteroatoms. The average Bonchev–Trinajstić information content (AvgIpc) is 3.03. The fraction of sp³-hybridized carbons (Fsp3) is 0.412. The van der Waals surface area contributed by atoms with Crippen LogP contribution in [0.4, 0.5) is 10.1 Å². The van der Waals surface area contributed by atoms with E-state index in [9.17, 15) is 17.6 Å². The monoisotopic (exact) mass is 365 g/mol. The fourth-order valence-electron chi connectivity index (χ4n) is 3.14. The minimum atomic E-state index is -3.01. The van der Waals surface area contributed by atoms with Gasteiger partial charge < -0.3 is 5.32 Å². The van der Waals surface area contributed by atoms with Crippen LogP contribution in [0.2, 0.25) is 0 Å². The van der Waals surface area contributed by atoms with Gasteiger partial charge in [-0.3, -0.25) is 9.48 Å². The normalized spacial score (nSPS) is 19.1. The Morgan fingerprint density at radius 3 is 2.60 bits per heavy atom. The number of rotatable bonds is 4. The molecule has 1 aromatic heterocycles. The number of hydrogen-bond donors (Lipinski definition) is 1. The Labute approximate surface area is 146 Å². The Morgan fingerprint density at radius 2 is 2.00 bits per heavy atom. The lowest BCUT2D eigenvalue weighted by Gasteiger charge is -2.11. The molecule has 1 atom stereocenters. The number of hydrogen-bond acceptors (Lipinski definition) is 4. The predicted octanol–water partition coefficient (Wildman–Crippen LogP) is 2.18. The average molecular weight is 365 g/mol. The molecule has 3 rings (SSSR count). The van der Waals surface area contributed by atoms with E-state index in [1.807, 2.05) is 6.92 Å². The largest absolute Gasteiger partial charge is 0.323 e. The molecule has 1 aliphatic heterocycles. The maximum Gasteiger partial charge on any atom is 0.228 e. The van der Waals surface area contributed by atoms with Crippen LogP contribution in [0.15, 0.2) is 24.3 Å². The molecule has 2 aromatic rings. The van der Waals surface area contributed by atoms with Crippen LogP contribution in [0, 0.1) is 19.7 Å². The Kier molecular flexibility index (Phi) is 4.64. The number of aryl methyl sites for hydroxylation is 1. The van der Waals surface area contributed by atoms with E-state index in [1.165, 1.54) is 12.1 Å². The van der Waals surface area contributed by atoms with Crippen molar-refractivity contribution in [3.63, 3.8) is 0 Å². The van der Waals surface area contributed by atoms with Crippen molar-refractivity contribution in [3.8, 4) is 0 Å². The van der Waals surface area contributed by atoms with Crippen LogP contribution >= 0.6 is 0 Å². The first kappa shape index (κ1) is 17.6. The van der Waals surface area contributed by atoms with E-state index < -0.39 is 9.84 Å². The van der Waals surface area contributed by atoms with Gasteiger partial charge in [-0.25, -0.2) is 12.8 Å². The lowest BCUT2D eigenvalue weighted by molar-refractivity contribution is -0.115. The summed E-state index contributed by atoms with van der Waals surface area (Å²) in [7, 11) is -3.01. The Bertz CT molecular complexity index is 904. The molecule has 1 fully saturated rings. The van der Waals surface area contributed by atoms with E-state index in [0.29, 0.717) is 23.4 Å². The molecule has 1 amide bonds. The van der Waals surface area contributed by atoms with Crippen LogP contribution in [0.3, 0.4) is 0 Å². The van der Waals surface area contributed by atoms with E-state index in [2.05, 4.69) is 10.4 Å². The smallest absolute Gasteiger partial charge is 0.228 e. The van der Waals surface area contributed by atoms with Crippen molar-refractivity contribution >= 4 is 21.4 Å². The van der Waals surface area contributed by atoms with Crippen LogP contribution in [0.25, 0.3) is 0 Å². The van der Waals surface area contributed by atoms with Gasteiger partial charge in [0.2, 0.25) is 5.91 Å². The minimum absolute atomic E-state index is 0.0813. The molecule has 134 valence electrons. The number of benzene rings is 1. The van der Waals surface area contributed by atoms with Gasteiger partial charge >= 0.3 is 0 Å². The molecule has 1 N–H and O–H groups in total. The van der Waals surface area contributed by atoms with Crippen molar-refractivity contribution in [1.82, 2.24) is 9.78 Å². The van der Waals surface area contributed by atoms with Gasteiger partial charge in [0, 0.05) is 0 Å². The van der Waals surface area contributed by atoms with Gasteiger partial charge in [0.25, 0.3) is 0 Å². The number of carbonyl (C=O) groups is 1. The lowest BCUT2D eigenvalue weighted by atomic mass is 10.1. The molecule has 1 aliphatic rings. The molecule has 0 bridgehead atoms. The van der Waals surface area contributed by atoms with Crippen molar-refractivity contribution in [2.75, 3.05) is 16.8 Å². The topological polar surface area (TPSA) is 81.1 Å². The molecular weight excluding hydrogens is 345 g/mol. The van der Waals surface area contributed by atoms with Gasteiger partial charge in [-0.1, -0.05) is 12.1 Å². The molecule has 6 nitrogen and oxygen atoms in total. The third-order valence-corrected chi connectivity index (χ3v) is 6.17. The quantitative estimate of drug-likeness (QED) is 0.900. The summed E-state index contributed by atoms with van der Waals surface area (Å²) in [4.78, 5) is 12.3. The first-order valence-electron chi connectivity index (χ1n) is 8.05. The summed E-state index contributed by atoms with van der Waals surface area (Å²) in [5.74, 6) is -0.319. The van der Waals surface area contributed by atoms with Crippen molar-refractivity contribution in [3.05, 3.63) is 47.0 Å². The summed E-state index contributed by atoms with van der Waals surface area (Å²) in [5.41, 5.74) is 2.71. The first-order valence-corrected chi connectivity index (χ1v) is 9.88. The summed E-state index contributed by atoms with van der Waals surface area (Å²) in [5, 5.41) is 7.26. The minimum Gasteiger partial charge on any atom is -0.323 e. The predicted molar refractivity (Wildman–Crippen MR) is 92.7 cm³/mol. The summed E-state index contributed by atoms with van der Waals surface area (Å²) in [6, 6.07) is 5.59. The third kappa shape index (κ3) is 3.89. The fourth-order valence-corrected chi connectivity index (χ4v) is 4.83. The second kappa shape index (κ2) is 6.59. The number of amides is 1. The third-order valence-electron chi connectivity index (χ3n) is 4.42. The van der Waals surface area contributed by atoms with Crippen molar-refractivity contribution in [1.29, 1.82) is 0 Å². The van der Waals surface area contributed by atoms with Gasteiger partial charge in [0.05, 0.1) is 41.0 Å². The van der Waals surface area contributed by atoms with E-state index >= 15 is 0 Å². The number of sulfone groups is 1. The van der Waals surface area contributed by atoms with Gasteiger partial charge in [0.15, 0.2) is 9.84 Å². The van der Waals surface area contributed by atoms with Gasteiger partial charge in [-0.15, -0.1) is 0 Å². The SMILES string of the molecule is Cc1nn(C2CCS(=O)(=O)C2)c(C)c1NC(=O)Cc1ccc(F)cc1. The number of carbonyl (C=O) groups excluding carboxylic acids is 1. The zero-order valence-electron chi connectivity index (χ0n) is 14.1. The number of halogens is 1. The molecule has 1 aromatic carbocycles. The summed E-state index contributed by atoms with van der Waals surface area (Å²) in [6.07, 6.45) is 0.662. The van der Waals surface area contributed by atoms with Crippen molar-refractivity contribution in [2.45, 2.75) is 32.7 Å². The molecule has 0 spiro atoms. The van der Waals surface area contributed by atoms with E-state index in [0.717, 1.165) is 5.69 Å². The van der Waals surface area contributed by atoms with Crippen molar-refractivity contribution < 1.29 is 17.6 Å². The van der Waals surface area contributed by atoms with Gasteiger partial charge in [-0.2, -0.15) is 5.10 Å². The number of nitrogens with one attached hydrogen (secondary N) is 1. The van der Waals surface area contributed by atoms with Crippen LogP contribution in [0.5, 0.6) is 0 Å². The zero-order chi connectivity index (χ0) is 18.2. The molecule has 0 aliphatic carbocycles. The van der Waals surface area contributed by atoms with Crippen LogP contribution in [-0.2, 0) is 21.1 Å². The summed E-state index contributed by atoms with van der Waals surface area (Å²) < 4.78 is 38.0. The Morgan fingerprint density at radius 1 is 1.32 bits per heavy atom. The second-order valence-electron chi connectivity index (χ2n) is 6.40. The highest BCUT2D eigenvalue weighted by molar-refractivity contribution is 7.91. The standard InChI is InChI=1S/C17H20FN3O3S/c1-11-17(19-16(22)9-13-3-5-14(18)6-4-13)12(2)21(20-11)15-7-8-25(23,24)10-15/h3-6,15H,7-10H2,1-2H3,(H,19,22). The van der Waals surface area contributed by atoms with Crippen LogP contribution < -0.4 is 5.32 Å². The van der Waals surface area contributed by atoms with E-state index in [-0.39, 0.29) is 35.7 Å². The van der Waals surface area contributed by atoms with Crippen molar-refractivity contribution in [2.24, 2.45) is 0 Å². The maximum atomic E-state index is 12.9. The van der Waals surface area contributed by atoms with E-state index in [1.54, 1.807) is 23.7 Å². The molecule has 25 heavy (non-hydrogen) atoms. The molecule has 1 unspecified atom stereocenters. The molecule has 2 heterocycles. The number of anilines is 1. The second-order valence-corrected chi connectivity index (χ2v) is 8.63. The van der Waals surface area contributed by atoms with Crippen LogP contribution in [0.1, 0.15) is 29.4 Å². The van der Waals surface area contributed by atoms with Crippen LogP contribution in [-0.4, -0.2) is 35.6 Å². The Balaban J connectivity index is 1.74. The van der Waals surface area contributed by atoms with E-state index in [4.69, 9.17) is 0 Å². The molecular formula is C17H20FN3O3S. The lowest BCUT2D eigenvalue weighted by Crippen LogP contribution is -2.17. The number of aromatic nitrogens is 2. The van der Waals surface area contributed by atoms with Gasteiger partial charge in [-0.05, 0) is 38.0 Å². The summed E-state index contributed by atoms with van der Waals surface area (Å²) in [6.45, 7) is 3.60. The highest BCUT2D eigenvalue weighted by atomic mass is 32.2. The zero-order valence-corrected chi connectivity index (χ0v) is 14.9. The molecule has 1 saturated heterocycles. The maximum absolute atomic E-state index is 12.9. The van der Waals surface area contributed by atoms with Gasteiger partial charge in [0.1, 0.15) is 5.82 Å². The molecule has 0 radical (unpaired) electrons. The summed E-state index contributed by atoms with van der Waals surface area (Å²) >= 11 is 0. The Hall–Kier alpha value is -2.22. The highest BCUT2D eigenvalue weighted by Gasteiger charge is 2.31. The highest BCUT2D eigenvalue weighted by Crippen LogP contribution is 2.29. The first-order chi connectivity index (χ1) is 11.7. The number of nitrogens with zero attached hydrogens (tertiary/aromatic N) is 2. The molecule has 0 saturated carbocycles.